The molecule has 1 aromatic rings. The maximum atomic E-state index is 12.2. The van der Waals surface area contributed by atoms with Crippen molar-refractivity contribution >= 4 is 34.2 Å². The van der Waals surface area contributed by atoms with E-state index in [1.54, 1.807) is 0 Å². The molecule has 2 rings (SSSR count). The molecule has 21 heavy (non-hydrogen) atoms. The highest BCUT2D eigenvalue weighted by atomic mass is 127. The van der Waals surface area contributed by atoms with Crippen LogP contribution >= 0.6 is 22.6 Å². The predicted molar refractivity (Wildman–Crippen MR) is 95.2 cm³/mol. The molecule has 0 aliphatic carbocycles. The molecular formula is C16H24IN3O. The van der Waals surface area contributed by atoms with Gasteiger partial charge in [0.2, 0.25) is 5.91 Å². The van der Waals surface area contributed by atoms with Gasteiger partial charge in [-0.25, -0.2) is 0 Å². The van der Waals surface area contributed by atoms with Crippen molar-refractivity contribution in [1.82, 2.24) is 4.90 Å². The van der Waals surface area contributed by atoms with Crippen LogP contribution in [-0.2, 0) is 4.79 Å². The summed E-state index contributed by atoms with van der Waals surface area (Å²) in [6.45, 7) is 4.27. The highest BCUT2D eigenvalue weighted by molar-refractivity contribution is 14.1. The van der Waals surface area contributed by atoms with E-state index in [-0.39, 0.29) is 5.91 Å². The van der Waals surface area contributed by atoms with Gasteiger partial charge in [0, 0.05) is 16.2 Å². The molecule has 0 saturated carbocycles. The lowest BCUT2D eigenvalue weighted by Gasteiger charge is -2.38. The van der Waals surface area contributed by atoms with Crippen molar-refractivity contribution < 1.29 is 4.79 Å². The summed E-state index contributed by atoms with van der Waals surface area (Å²) in [5.41, 5.74) is 6.77. The molecule has 2 atom stereocenters. The number of amides is 1. The zero-order valence-electron chi connectivity index (χ0n) is 12.5. The van der Waals surface area contributed by atoms with Crippen LogP contribution in [0.1, 0.15) is 26.2 Å². The van der Waals surface area contributed by atoms with Crippen LogP contribution in [0, 0.1) is 9.49 Å². The number of para-hydroxylation sites is 1. The Bertz CT molecular complexity index is 480. The first-order valence-corrected chi connectivity index (χ1v) is 8.70. The van der Waals surface area contributed by atoms with E-state index in [1.807, 2.05) is 24.3 Å². The first-order valence-electron chi connectivity index (χ1n) is 7.62. The van der Waals surface area contributed by atoms with Crippen molar-refractivity contribution in [3.63, 3.8) is 0 Å². The quantitative estimate of drug-likeness (QED) is 0.746. The second-order valence-electron chi connectivity index (χ2n) is 5.69. The molecule has 2 unspecified atom stereocenters. The fourth-order valence-electron chi connectivity index (χ4n) is 2.94. The molecule has 116 valence electrons. The first-order chi connectivity index (χ1) is 10.1. The maximum Gasteiger partial charge on any atom is 0.238 e. The molecule has 0 spiro atoms. The van der Waals surface area contributed by atoms with Gasteiger partial charge in [0.15, 0.2) is 0 Å². The Hall–Kier alpha value is -0.660. The number of halogens is 1. The second-order valence-corrected chi connectivity index (χ2v) is 6.85. The fourth-order valence-corrected chi connectivity index (χ4v) is 3.47. The molecule has 1 aromatic carbocycles. The van der Waals surface area contributed by atoms with Gasteiger partial charge in [-0.2, -0.15) is 0 Å². The standard InChI is InChI=1S/C16H24IN3O/c1-2-12-7-8-20(13(9-12)10-18)11-16(21)19-15-6-4-3-5-14(15)17/h3-6,12-13H,2,7-11,18H2,1H3,(H,19,21). The van der Waals surface area contributed by atoms with Crippen molar-refractivity contribution in [3.05, 3.63) is 27.8 Å². The summed E-state index contributed by atoms with van der Waals surface area (Å²) in [6.07, 6.45) is 3.49. The summed E-state index contributed by atoms with van der Waals surface area (Å²) in [7, 11) is 0. The number of nitrogens with zero attached hydrogens (tertiary/aromatic N) is 1. The van der Waals surface area contributed by atoms with Gasteiger partial charge in [0.25, 0.3) is 0 Å². The molecule has 5 heteroatoms. The number of nitrogens with two attached hydrogens (primary N) is 1. The molecule has 0 bridgehead atoms. The van der Waals surface area contributed by atoms with E-state index in [2.05, 4.69) is 39.7 Å². The number of piperidine rings is 1. The summed E-state index contributed by atoms with van der Waals surface area (Å²) >= 11 is 2.24. The molecule has 1 fully saturated rings. The lowest BCUT2D eigenvalue weighted by molar-refractivity contribution is -0.118. The molecule has 1 aliphatic rings. The molecule has 1 aliphatic heterocycles. The normalized spacial score (nSPS) is 23.0. The Kier molecular flexibility index (Phi) is 6.44. The molecule has 4 nitrogen and oxygen atoms in total. The summed E-state index contributed by atoms with van der Waals surface area (Å²) in [4.78, 5) is 14.5. The SMILES string of the molecule is CCC1CCN(CC(=O)Nc2ccccc2I)C(CN)C1. The number of anilines is 1. The van der Waals surface area contributed by atoms with Gasteiger partial charge in [-0.15, -0.1) is 0 Å². The zero-order chi connectivity index (χ0) is 15.2. The van der Waals surface area contributed by atoms with Crippen LogP contribution < -0.4 is 11.1 Å². The van der Waals surface area contributed by atoms with Gasteiger partial charge >= 0.3 is 0 Å². The van der Waals surface area contributed by atoms with Gasteiger partial charge in [-0.05, 0) is 60.0 Å². The molecule has 0 radical (unpaired) electrons. The number of benzene rings is 1. The number of carbonyl (C=O) groups excluding carboxylic acids is 1. The topological polar surface area (TPSA) is 58.4 Å². The minimum atomic E-state index is 0.0486. The van der Waals surface area contributed by atoms with Gasteiger partial charge in [0.05, 0.1) is 12.2 Å². The van der Waals surface area contributed by atoms with E-state index >= 15 is 0 Å². The number of carbonyl (C=O) groups is 1. The minimum Gasteiger partial charge on any atom is -0.329 e. The summed E-state index contributed by atoms with van der Waals surface area (Å²) in [5, 5.41) is 3.00. The van der Waals surface area contributed by atoms with Crippen LogP contribution in [0.15, 0.2) is 24.3 Å². The zero-order valence-corrected chi connectivity index (χ0v) is 14.7. The lowest BCUT2D eigenvalue weighted by Crippen LogP contribution is -2.49. The van der Waals surface area contributed by atoms with Crippen molar-refractivity contribution in [3.8, 4) is 0 Å². The van der Waals surface area contributed by atoms with E-state index in [9.17, 15) is 4.79 Å². The smallest absolute Gasteiger partial charge is 0.238 e. The van der Waals surface area contributed by atoms with Crippen LogP contribution in [0.4, 0.5) is 5.69 Å². The maximum absolute atomic E-state index is 12.2. The van der Waals surface area contributed by atoms with Crippen molar-refractivity contribution in [2.75, 3.05) is 25.0 Å². The number of likely N-dealkylation sites (tertiary alicyclic amines) is 1. The highest BCUT2D eigenvalue weighted by Gasteiger charge is 2.27. The third kappa shape index (κ3) is 4.66. The largest absolute Gasteiger partial charge is 0.329 e. The lowest BCUT2D eigenvalue weighted by atomic mass is 9.89. The van der Waals surface area contributed by atoms with E-state index in [1.165, 1.54) is 12.8 Å². The molecule has 1 amide bonds. The molecule has 1 saturated heterocycles. The molecule has 3 N–H and O–H groups in total. The predicted octanol–water partition coefficient (Wildman–Crippen LogP) is 2.68. The Morgan fingerprint density at radius 3 is 2.90 bits per heavy atom. The Balaban J connectivity index is 1.91. The van der Waals surface area contributed by atoms with E-state index in [4.69, 9.17) is 5.73 Å². The number of hydrogen-bond acceptors (Lipinski definition) is 3. The summed E-state index contributed by atoms with van der Waals surface area (Å²) in [6, 6.07) is 8.17. The van der Waals surface area contributed by atoms with Gasteiger partial charge in [-0.1, -0.05) is 25.5 Å². The Morgan fingerprint density at radius 2 is 2.24 bits per heavy atom. The van der Waals surface area contributed by atoms with E-state index in [0.717, 1.165) is 28.1 Å². The van der Waals surface area contributed by atoms with Crippen LogP contribution in [0.3, 0.4) is 0 Å². The van der Waals surface area contributed by atoms with Crippen molar-refractivity contribution in [2.24, 2.45) is 11.7 Å². The third-order valence-electron chi connectivity index (χ3n) is 4.29. The van der Waals surface area contributed by atoms with E-state index < -0.39 is 0 Å². The van der Waals surface area contributed by atoms with Crippen LogP contribution in [0.5, 0.6) is 0 Å². The highest BCUT2D eigenvalue weighted by Crippen LogP contribution is 2.25. The second kappa shape index (κ2) is 8.10. The first kappa shape index (κ1) is 16.7. The Morgan fingerprint density at radius 1 is 1.48 bits per heavy atom. The minimum absolute atomic E-state index is 0.0486. The average Bonchev–Trinajstić information content (AvgIpc) is 2.50. The van der Waals surface area contributed by atoms with E-state index in [0.29, 0.717) is 19.1 Å². The van der Waals surface area contributed by atoms with Crippen molar-refractivity contribution in [2.45, 2.75) is 32.2 Å². The van der Waals surface area contributed by atoms with Crippen molar-refractivity contribution in [1.29, 1.82) is 0 Å². The van der Waals surface area contributed by atoms with Crippen LogP contribution in [-0.4, -0.2) is 36.5 Å². The molecule has 1 heterocycles. The fraction of sp³-hybridized carbons (Fsp3) is 0.562. The number of rotatable bonds is 5. The summed E-state index contributed by atoms with van der Waals surface area (Å²) < 4.78 is 1.06. The third-order valence-corrected chi connectivity index (χ3v) is 5.23. The van der Waals surface area contributed by atoms with Gasteiger partial charge in [0.1, 0.15) is 0 Å². The average molecular weight is 401 g/mol. The number of hydrogen-bond donors (Lipinski definition) is 2. The molecular weight excluding hydrogens is 377 g/mol. The van der Waals surface area contributed by atoms with Crippen LogP contribution in [0.25, 0.3) is 0 Å². The monoisotopic (exact) mass is 401 g/mol. The van der Waals surface area contributed by atoms with Gasteiger partial charge in [-0.3, -0.25) is 9.69 Å². The van der Waals surface area contributed by atoms with Crippen LogP contribution in [0.2, 0.25) is 0 Å². The summed E-state index contributed by atoms with van der Waals surface area (Å²) in [5.74, 6) is 0.806. The Labute approximate surface area is 140 Å². The number of nitrogens with one attached hydrogen (secondary N) is 1. The van der Waals surface area contributed by atoms with Gasteiger partial charge < -0.3 is 11.1 Å². The molecule has 0 aromatic heterocycles.